The number of aliphatic imine (C=N–C) groups is 1. The predicted molar refractivity (Wildman–Crippen MR) is 145 cm³/mol. The number of hydrogen-bond donors (Lipinski definition) is 0. The second-order valence-corrected chi connectivity index (χ2v) is 10.8. The van der Waals surface area contributed by atoms with Crippen LogP contribution in [0, 0.1) is 13.8 Å². The number of carbonyl (C=O) groups excluding carboxylic acids is 2. The fourth-order valence-electron chi connectivity index (χ4n) is 4.90. The van der Waals surface area contributed by atoms with Crippen LogP contribution in [0.25, 0.3) is 0 Å². The van der Waals surface area contributed by atoms with Gasteiger partial charge in [-0.15, -0.1) is 0 Å². The van der Waals surface area contributed by atoms with E-state index in [1.165, 1.54) is 16.8 Å². The van der Waals surface area contributed by atoms with Gasteiger partial charge in [-0.05, 0) is 38.1 Å². The molecular weight excluding hydrogens is 512 g/mol. The molecule has 0 saturated carbocycles. The molecule has 5 rings (SSSR count). The SMILES string of the molecule is Cc1cc(C)nc(SCCN2C(=[N+]3CCN(c4cccc(Cl)c4)CC3)N=C3C2C(=O)N(C)C(=O)N3C)n1. The van der Waals surface area contributed by atoms with Crippen molar-refractivity contribution in [2.75, 3.05) is 57.5 Å². The van der Waals surface area contributed by atoms with Gasteiger partial charge >= 0.3 is 12.0 Å². The first-order chi connectivity index (χ1) is 17.7. The van der Waals surface area contributed by atoms with Gasteiger partial charge in [0.25, 0.3) is 5.91 Å². The van der Waals surface area contributed by atoms with Crippen molar-refractivity contribution in [3.05, 3.63) is 46.7 Å². The number of nitrogens with zero attached hydrogens (tertiary/aromatic N) is 8. The Labute approximate surface area is 225 Å². The number of amidine groups is 1. The lowest BCUT2D eigenvalue weighted by atomic mass is 10.1. The Kier molecular flexibility index (Phi) is 7.09. The van der Waals surface area contributed by atoms with E-state index in [0.717, 1.165) is 49.2 Å². The Hall–Kier alpha value is -3.18. The molecule has 1 unspecified atom stereocenters. The number of carbonyl (C=O) groups is 2. The molecule has 10 nitrogen and oxygen atoms in total. The normalized spacial score (nSPS) is 20.1. The summed E-state index contributed by atoms with van der Waals surface area (Å²) >= 11 is 7.75. The van der Waals surface area contributed by atoms with E-state index < -0.39 is 6.04 Å². The molecule has 0 bridgehead atoms. The van der Waals surface area contributed by atoms with E-state index in [-0.39, 0.29) is 11.9 Å². The lowest BCUT2D eigenvalue weighted by molar-refractivity contribution is -0.534. The quantitative estimate of drug-likeness (QED) is 0.326. The number of likely N-dealkylation sites (N-methyl/N-ethyl adjacent to an activating group) is 2. The Bertz CT molecular complexity index is 1290. The van der Waals surface area contributed by atoms with Crippen LogP contribution in [-0.4, -0.2) is 112 Å². The standard InChI is InChI=1S/C25H30ClN8O2S/c1-16-14-17(2)28-23(27-16)37-13-12-34-20-21(30(3)25(36)31(4)22(20)35)29-24(34)33-10-8-32(9-11-33)19-7-5-6-18(26)15-19/h5-7,14-15,20H,8-13H2,1-4H3/q+1. The van der Waals surface area contributed by atoms with Crippen molar-refractivity contribution >= 4 is 52.8 Å². The first-order valence-corrected chi connectivity index (χ1v) is 13.6. The molecule has 0 N–H and O–H groups in total. The van der Waals surface area contributed by atoms with Crippen molar-refractivity contribution in [2.45, 2.75) is 25.0 Å². The molecular formula is C25H30ClN8O2S+. The third-order valence-electron chi connectivity index (χ3n) is 6.77. The summed E-state index contributed by atoms with van der Waals surface area (Å²) in [6.45, 7) is 7.52. The van der Waals surface area contributed by atoms with Gasteiger partial charge in [0.05, 0.1) is 19.6 Å². The number of fused-ring (bicyclic) bond motifs is 1. The van der Waals surface area contributed by atoms with Gasteiger partial charge in [-0.25, -0.2) is 19.7 Å². The summed E-state index contributed by atoms with van der Waals surface area (Å²) in [5.74, 6) is 1.62. The van der Waals surface area contributed by atoms with Gasteiger partial charge < -0.3 is 4.90 Å². The number of benzene rings is 1. The molecule has 2 aromatic rings. The van der Waals surface area contributed by atoms with Gasteiger partial charge in [-0.1, -0.05) is 34.4 Å². The van der Waals surface area contributed by atoms with Crippen LogP contribution in [0.15, 0.2) is 40.5 Å². The maximum atomic E-state index is 13.3. The van der Waals surface area contributed by atoms with Crippen molar-refractivity contribution in [1.82, 2.24) is 24.7 Å². The minimum absolute atomic E-state index is 0.262. The summed E-state index contributed by atoms with van der Waals surface area (Å²) in [5, 5.41) is 1.43. The van der Waals surface area contributed by atoms with E-state index in [0.29, 0.717) is 28.3 Å². The molecule has 4 heterocycles. The zero-order valence-electron chi connectivity index (χ0n) is 21.4. The van der Waals surface area contributed by atoms with E-state index in [1.54, 1.807) is 18.8 Å². The van der Waals surface area contributed by atoms with E-state index in [2.05, 4.69) is 25.5 Å². The maximum absolute atomic E-state index is 13.3. The van der Waals surface area contributed by atoms with Gasteiger partial charge in [0.1, 0.15) is 0 Å². The maximum Gasteiger partial charge on any atom is 0.392 e. The lowest BCUT2D eigenvalue weighted by Gasteiger charge is -2.34. The number of thioether (sulfide) groups is 1. The smallest absolute Gasteiger partial charge is 0.365 e. The predicted octanol–water partition coefficient (Wildman–Crippen LogP) is 2.33. The van der Waals surface area contributed by atoms with Gasteiger partial charge in [0, 0.05) is 55.0 Å². The second-order valence-electron chi connectivity index (χ2n) is 9.34. The van der Waals surface area contributed by atoms with Crippen LogP contribution in [0.3, 0.4) is 0 Å². The van der Waals surface area contributed by atoms with Gasteiger partial charge in [0.2, 0.25) is 11.9 Å². The van der Waals surface area contributed by atoms with Crippen LogP contribution >= 0.6 is 23.4 Å². The number of guanidine groups is 1. The molecule has 3 aliphatic rings. The van der Waals surface area contributed by atoms with Crippen molar-refractivity contribution in [3.8, 4) is 0 Å². The van der Waals surface area contributed by atoms with Crippen LogP contribution in [-0.2, 0) is 4.79 Å². The third kappa shape index (κ3) is 5.02. The largest absolute Gasteiger partial charge is 0.392 e. The van der Waals surface area contributed by atoms with E-state index >= 15 is 0 Å². The Morgan fingerprint density at radius 3 is 2.43 bits per heavy atom. The zero-order valence-corrected chi connectivity index (χ0v) is 23.0. The molecule has 2 saturated heterocycles. The molecule has 0 aliphatic carbocycles. The molecule has 2 fully saturated rings. The molecule has 12 heteroatoms. The molecule has 194 valence electrons. The number of halogens is 1. The minimum atomic E-state index is -0.630. The average molecular weight is 542 g/mol. The van der Waals surface area contributed by atoms with Gasteiger partial charge in [-0.2, -0.15) is 0 Å². The topological polar surface area (TPSA) is 88.2 Å². The number of amides is 3. The minimum Gasteiger partial charge on any atom is -0.365 e. The average Bonchev–Trinajstić information content (AvgIpc) is 3.25. The Balaban J connectivity index is 1.39. The lowest BCUT2D eigenvalue weighted by Crippen LogP contribution is -2.63. The van der Waals surface area contributed by atoms with Crippen molar-refractivity contribution in [2.24, 2.45) is 4.99 Å². The van der Waals surface area contributed by atoms with Gasteiger partial charge in [0.15, 0.2) is 5.16 Å². The monoisotopic (exact) mass is 541 g/mol. The number of hydrogen-bond acceptors (Lipinski definition) is 6. The highest BCUT2D eigenvalue weighted by Crippen LogP contribution is 2.26. The molecule has 1 aromatic carbocycles. The summed E-state index contributed by atoms with van der Waals surface area (Å²) < 4.78 is 2.20. The molecule has 37 heavy (non-hydrogen) atoms. The number of aryl methyl sites for hydroxylation is 2. The van der Waals surface area contributed by atoms with Crippen LogP contribution in [0.5, 0.6) is 0 Å². The van der Waals surface area contributed by atoms with Crippen molar-refractivity contribution in [3.63, 3.8) is 0 Å². The molecule has 0 spiro atoms. The molecule has 0 radical (unpaired) electrons. The number of aromatic nitrogens is 2. The van der Waals surface area contributed by atoms with Gasteiger partial charge in [-0.3, -0.25) is 19.2 Å². The van der Waals surface area contributed by atoms with Crippen molar-refractivity contribution in [1.29, 1.82) is 0 Å². The summed E-state index contributed by atoms with van der Waals surface area (Å²) in [6, 6.07) is 8.82. The molecule has 1 atom stereocenters. The Morgan fingerprint density at radius 2 is 1.76 bits per heavy atom. The fourth-order valence-corrected chi connectivity index (χ4v) is 5.97. The van der Waals surface area contributed by atoms with E-state index in [9.17, 15) is 9.59 Å². The third-order valence-corrected chi connectivity index (χ3v) is 7.83. The molecule has 1 aromatic heterocycles. The van der Waals surface area contributed by atoms with Crippen LogP contribution in [0.4, 0.5) is 10.5 Å². The summed E-state index contributed by atoms with van der Waals surface area (Å²) in [7, 11) is 3.20. The first kappa shape index (κ1) is 25.5. The highest BCUT2D eigenvalue weighted by atomic mass is 35.5. The Morgan fingerprint density at radius 1 is 1.05 bits per heavy atom. The second kappa shape index (κ2) is 10.3. The fraction of sp³-hybridized carbons (Fsp3) is 0.440. The summed E-state index contributed by atoms with van der Waals surface area (Å²) in [5.41, 5.74) is 2.94. The number of anilines is 1. The van der Waals surface area contributed by atoms with E-state index in [4.69, 9.17) is 16.6 Å². The summed E-state index contributed by atoms with van der Waals surface area (Å²) in [6.07, 6.45) is 0. The zero-order chi connectivity index (χ0) is 26.3. The highest BCUT2D eigenvalue weighted by Gasteiger charge is 2.55. The van der Waals surface area contributed by atoms with Crippen LogP contribution in [0.1, 0.15) is 11.4 Å². The number of piperazine rings is 1. The number of imide groups is 1. The van der Waals surface area contributed by atoms with Crippen LogP contribution in [0.2, 0.25) is 5.02 Å². The summed E-state index contributed by atoms with van der Waals surface area (Å²) in [4.78, 5) is 46.8. The number of urea groups is 1. The van der Waals surface area contributed by atoms with Crippen LogP contribution < -0.4 is 4.90 Å². The highest BCUT2D eigenvalue weighted by molar-refractivity contribution is 7.99. The van der Waals surface area contributed by atoms with E-state index in [1.807, 2.05) is 43.0 Å². The molecule has 3 aliphatic heterocycles. The first-order valence-electron chi connectivity index (χ1n) is 12.2. The molecule has 3 amide bonds. The van der Waals surface area contributed by atoms with Crippen molar-refractivity contribution < 1.29 is 14.2 Å². The number of rotatable bonds is 5.